The molecule has 0 saturated carbocycles. The first-order chi connectivity index (χ1) is 16.9. The summed E-state index contributed by atoms with van der Waals surface area (Å²) in [5.41, 5.74) is 6.76. The standard InChI is InChI=1S/C30H26N2O2S/c1-22-13-12-20-26-28(22)31-29(25-18-10-5-11-19-25)27(24-16-8-4-9-17-24)30(26)32(35(2,33)34)21-23-14-6-3-7-15-23/h3-20H,21H2,1-2H3. The second kappa shape index (κ2) is 9.35. The van der Waals surface area contributed by atoms with Crippen molar-refractivity contribution in [1.29, 1.82) is 0 Å². The maximum atomic E-state index is 13.4. The molecule has 174 valence electrons. The van der Waals surface area contributed by atoms with E-state index >= 15 is 0 Å². The average molecular weight is 479 g/mol. The van der Waals surface area contributed by atoms with E-state index < -0.39 is 10.0 Å². The number of rotatable bonds is 6. The van der Waals surface area contributed by atoms with Crippen molar-refractivity contribution in [3.63, 3.8) is 0 Å². The summed E-state index contributed by atoms with van der Waals surface area (Å²) >= 11 is 0. The van der Waals surface area contributed by atoms with Gasteiger partial charge in [-0.2, -0.15) is 0 Å². The number of fused-ring (bicyclic) bond motifs is 1. The van der Waals surface area contributed by atoms with Gasteiger partial charge in [0.2, 0.25) is 10.0 Å². The quantitative estimate of drug-likeness (QED) is 0.268. The van der Waals surface area contributed by atoms with Crippen molar-refractivity contribution < 1.29 is 8.42 Å². The fraction of sp³-hybridized carbons (Fsp3) is 0.100. The van der Waals surface area contributed by atoms with Gasteiger partial charge in [0.1, 0.15) is 0 Å². The molecule has 35 heavy (non-hydrogen) atoms. The zero-order valence-electron chi connectivity index (χ0n) is 19.7. The number of aromatic nitrogens is 1. The van der Waals surface area contributed by atoms with Crippen LogP contribution >= 0.6 is 0 Å². The van der Waals surface area contributed by atoms with Gasteiger partial charge in [0.05, 0.1) is 29.7 Å². The van der Waals surface area contributed by atoms with Crippen molar-refractivity contribution in [2.45, 2.75) is 13.5 Å². The van der Waals surface area contributed by atoms with Crippen molar-refractivity contribution in [2.24, 2.45) is 0 Å². The molecule has 0 fully saturated rings. The minimum absolute atomic E-state index is 0.223. The van der Waals surface area contributed by atoms with E-state index in [9.17, 15) is 8.42 Å². The largest absolute Gasteiger partial charge is 0.265 e. The molecule has 0 amide bonds. The first-order valence-corrected chi connectivity index (χ1v) is 13.3. The molecule has 0 atom stereocenters. The molecule has 0 radical (unpaired) electrons. The summed E-state index contributed by atoms with van der Waals surface area (Å²) in [4.78, 5) is 5.13. The monoisotopic (exact) mass is 478 g/mol. The third-order valence-corrected chi connectivity index (χ3v) is 7.23. The summed E-state index contributed by atoms with van der Waals surface area (Å²) in [6.07, 6.45) is 1.27. The number of anilines is 1. The third-order valence-electron chi connectivity index (χ3n) is 6.12. The lowest BCUT2D eigenvalue weighted by molar-refractivity contribution is 0.596. The predicted octanol–water partition coefficient (Wildman–Crippen LogP) is 6.84. The number of sulfonamides is 1. The molecule has 0 N–H and O–H groups in total. The maximum absolute atomic E-state index is 13.4. The highest BCUT2D eigenvalue weighted by Crippen LogP contribution is 2.44. The van der Waals surface area contributed by atoms with E-state index in [1.54, 1.807) is 0 Å². The Hall–Kier alpha value is -3.96. The first-order valence-electron chi connectivity index (χ1n) is 11.5. The highest BCUT2D eigenvalue weighted by molar-refractivity contribution is 7.92. The van der Waals surface area contributed by atoms with Crippen LogP contribution in [-0.2, 0) is 16.6 Å². The first kappa shape index (κ1) is 22.8. The lowest BCUT2D eigenvalue weighted by Gasteiger charge is -2.28. The molecule has 0 aliphatic rings. The fourth-order valence-electron chi connectivity index (χ4n) is 4.47. The summed E-state index contributed by atoms with van der Waals surface area (Å²) < 4.78 is 28.3. The number of para-hydroxylation sites is 1. The van der Waals surface area contributed by atoms with Crippen LogP contribution in [0.5, 0.6) is 0 Å². The van der Waals surface area contributed by atoms with Gasteiger partial charge in [0.25, 0.3) is 0 Å². The summed E-state index contributed by atoms with van der Waals surface area (Å²) in [5, 5.41) is 0.810. The summed E-state index contributed by atoms with van der Waals surface area (Å²) in [6.45, 7) is 2.23. The maximum Gasteiger partial charge on any atom is 0.232 e. The van der Waals surface area contributed by atoms with Gasteiger partial charge in [-0.3, -0.25) is 4.31 Å². The van der Waals surface area contributed by atoms with Crippen molar-refractivity contribution in [1.82, 2.24) is 4.98 Å². The Balaban J connectivity index is 1.94. The van der Waals surface area contributed by atoms with Crippen LogP contribution in [0.3, 0.4) is 0 Å². The zero-order valence-corrected chi connectivity index (χ0v) is 20.5. The van der Waals surface area contributed by atoms with E-state index in [1.165, 1.54) is 10.6 Å². The molecule has 0 aliphatic carbocycles. The van der Waals surface area contributed by atoms with Crippen LogP contribution in [-0.4, -0.2) is 19.7 Å². The number of benzene rings is 4. The molecule has 4 nitrogen and oxygen atoms in total. The van der Waals surface area contributed by atoms with Crippen LogP contribution in [0.2, 0.25) is 0 Å². The number of hydrogen-bond acceptors (Lipinski definition) is 3. The van der Waals surface area contributed by atoms with E-state index in [-0.39, 0.29) is 6.54 Å². The molecule has 4 aromatic carbocycles. The highest BCUT2D eigenvalue weighted by Gasteiger charge is 2.28. The van der Waals surface area contributed by atoms with Gasteiger partial charge in [-0.15, -0.1) is 0 Å². The highest BCUT2D eigenvalue weighted by atomic mass is 32.2. The molecule has 5 heteroatoms. The molecular weight excluding hydrogens is 452 g/mol. The molecule has 1 heterocycles. The van der Waals surface area contributed by atoms with Crippen molar-refractivity contribution in [3.8, 4) is 22.4 Å². The van der Waals surface area contributed by atoms with Gasteiger partial charge in [-0.25, -0.2) is 13.4 Å². The van der Waals surface area contributed by atoms with Crippen LogP contribution in [0.4, 0.5) is 5.69 Å². The van der Waals surface area contributed by atoms with Crippen LogP contribution in [0, 0.1) is 6.92 Å². The molecule has 0 bridgehead atoms. The number of hydrogen-bond donors (Lipinski definition) is 0. The van der Waals surface area contributed by atoms with Crippen LogP contribution in [0.15, 0.2) is 109 Å². The third kappa shape index (κ3) is 4.55. The number of pyridine rings is 1. The Morgan fingerprint density at radius 1 is 0.714 bits per heavy atom. The minimum atomic E-state index is -3.64. The summed E-state index contributed by atoms with van der Waals surface area (Å²) in [6, 6.07) is 35.5. The van der Waals surface area contributed by atoms with E-state index in [1.807, 2.05) is 116 Å². The van der Waals surface area contributed by atoms with E-state index in [0.29, 0.717) is 5.69 Å². The Morgan fingerprint density at radius 2 is 1.29 bits per heavy atom. The van der Waals surface area contributed by atoms with E-state index in [0.717, 1.165) is 44.4 Å². The van der Waals surface area contributed by atoms with Crippen LogP contribution in [0.1, 0.15) is 11.1 Å². The van der Waals surface area contributed by atoms with Crippen molar-refractivity contribution in [2.75, 3.05) is 10.6 Å². The molecule has 5 aromatic rings. The average Bonchev–Trinajstić information content (AvgIpc) is 2.88. The molecule has 5 rings (SSSR count). The van der Waals surface area contributed by atoms with Crippen molar-refractivity contribution in [3.05, 3.63) is 120 Å². The molecular formula is C30H26N2O2S. The topological polar surface area (TPSA) is 50.3 Å². The Bertz CT molecular complexity index is 1580. The normalized spacial score (nSPS) is 11.5. The molecule has 0 aliphatic heterocycles. The molecule has 0 spiro atoms. The Kier molecular flexibility index (Phi) is 6.10. The predicted molar refractivity (Wildman–Crippen MR) is 145 cm³/mol. The van der Waals surface area contributed by atoms with Gasteiger partial charge in [0.15, 0.2) is 0 Å². The number of aryl methyl sites for hydroxylation is 1. The zero-order chi connectivity index (χ0) is 24.4. The summed E-state index contributed by atoms with van der Waals surface area (Å²) in [5.74, 6) is 0. The smallest absolute Gasteiger partial charge is 0.232 e. The lowest BCUT2D eigenvalue weighted by Crippen LogP contribution is -2.30. The van der Waals surface area contributed by atoms with E-state index in [2.05, 4.69) is 0 Å². The fourth-order valence-corrected chi connectivity index (χ4v) is 5.37. The molecule has 1 aromatic heterocycles. The lowest BCUT2D eigenvalue weighted by atomic mass is 9.94. The van der Waals surface area contributed by atoms with Crippen LogP contribution in [0.25, 0.3) is 33.3 Å². The number of nitrogens with zero attached hydrogens (tertiary/aromatic N) is 2. The van der Waals surface area contributed by atoms with Gasteiger partial charge >= 0.3 is 0 Å². The second-order valence-corrected chi connectivity index (χ2v) is 10.5. The Labute approximate surface area is 206 Å². The minimum Gasteiger partial charge on any atom is -0.265 e. The molecule has 0 unspecified atom stereocenters. The van der Waals surface area contributed by atoms with Gasteiger partial charge in [-0.05, 0) is 23.6 Å². The van der Waals surface area contributed by atoms with Crippen LogP contribution < -0.4 is 4.31 Å². The molecule has 0 saturated heterocycles. The Morgan fingerprint density at radius 3 is 1.89 bits per heavy atom. The second-order valence-electron chi connectivity index (χ2n) is 8.64. The summed E-state index contributed by atoms with van der Waals surface area (Å²) in [7, 11) is -3.64. The van der Waals surface area contributed by atoms with Gasteiger partial charge in [-0.1, -0.05) is 109 Å². The SMILES string of the molecule is Cc1cccc2c(N(Cc3ccccc3)S(C)(=O)=O)c(-c3ccccc3)c(-c3ccccc3)nc12. The van der Waals surface area contributed by atoms with Gasteiger partial charge < -0.3 is 0 Å². The van der Waals surface area contributed by atoms with E-state index in [4.69, 9.17) is 4.98 Å². The van der Waals surface area contributed by atoms with Gasteiger partial charge in [0, 0.05) is 16.5 Å². The van der Waals surface area contributed by atoms with Crippen molar-refractivity contribution >= 4 is 26.6 Å².